The van der Waals surface area contributed by atoms with E-state index in [1.165, 1.54) is 25.7 Å². The predicted octanol–water partition coefficient (Wildman–Crippen LogP) is 3.66. The second-order valence-corrected chi connectivity index (χ2v) is 4.41. The smallest absolute Gasteiger partial charge is 0.227 e. The molecule has 0 aromatic heterocycles. The highest BCUT2D eigenvalue weighted by atomic mass is 35.5. The Hall–Kier alpha value is -0.500. The predicted molar refractivity (Wildman–Crippen MR) is 63.6 cm³/mol. The van der Waals surface area contributed by atoms with Gasteiger partial charge in [0.05, 0.1) is 0 Å². The second-order valence-electron chi connectivity index (χ2n) is 4.03. The Morgan fingerprint density at radius 2 is 2.27 bits per heavy atom. The number of hydrogen-bond acceptors (Lipinski definition) is 1. The molecule has 0 spiro atoms. The van der Waals surface area contributed by atoms with E-state index >= 15 is 0 Å². The zero-order chi connectivity index (χ0) is 11.1. The van der Waals surface area contributed by atoms with Gasteiger partial charge in [0, 0.05) is 13.0 Å². The Kier molecular flexibility index (Phi) is 5.77. The highest BCUT2D eigenvalue weighted by molar-refractivity contribution is 6.30. The number of allylic oxidation sites excluding steroid dienone is 1. The highest BCUT2D eigenvalue weighted by Crippen LogP contribution is 2.20. The van der Waals surface area contributed by atoms with Gasteiger partial charge in [0.25, 0.3) is 0 Å². The largest absolute Gasteiger partial charge is 0.303 e. The fourth-order valence-corrected chi connectivity index (χ4v) is 2.06. The molecule has 1 aliphatic rings. The van der Waals surface area contributed by atoms with Gasteiger partial charge in [-0.3, -0.25) is 4.79 Å². The molecule has 1 saturated heterocycles. The van der Waals surface area contributed by atoms with E-state index in [9.17, 15) is 4.79 Å². The van der Waals surface area contributed by atoms with Crippen LogP contribution in [0.3, 0.4) is 0 Å². The summed E-state index contributed by atoms with van der Waals surface area (Å²) in [5.74, 6) is 0.171. The molecule has 0 N–H and O–H groups in total. The number of carbonyl (C=O) groups is 1. The molecule has 0 radical (unpaired) electrons. The zero-order valence-corrected chi connectivity index (χ0v) is 10.2. The molecule has 0 saturated carbocycles. The van der Waals surface area contributed by atoms with Crippen molar-refractivity contribution >= 4 is 17.5 Å². The summed E-state index contributed by atoms with van der Waals surface area (Å²) in [6, 6.07) is 0. The maximum atomic E-state index is 11.4. The van der Waals surface area contributed by atoms with Gasteiger partial charge in [-0.15, -0.1) is 0 Å². The quantitative estimate of drug-likeness (QED) is 0.503. The van der Waals surface area contributed by atoms with Crippen LogP contribution in [-0.2, 0) is 4.79 Å². The first-order valence-corrected chi connectivity index (χ1v) is 6.29. The molecule has 1 rings (SSSR count). The summed E-state index contributed by atoms with van der Waals surface area (Å²) in [6.07, 6.45) is 9.54. The minimum Gasteiger partial charge on any atom is -0.303 e. The van der Waals surface area contributed by atoms with Gasteiger partial charge < -0.3 is 4.90 Å². The van der Waals surface area contributed by atoms with Crippen LogP contribution in [0.25, 0.3) is 0 Å². The SMILES string of the molecule is CCCCCC/C=C(\Cl)N1CCCC1=O. The van der Waals surface area contributed by atoms with E-state index in [1.807, 2.05) is 6.08 Å². The van der Waals surface area contributed by atoms with Gasteiger partial charge in [-0.1, -0.05) is 37.8 Å². The maximum absolute atomic E-state index is 11.4. The summed E-state index contributed by atoms with van der Waals surface area (Å²) in [5.41, 5.74) is 0. The van der Waals surface area contributed by atoms with Crippen molar-refractivity contribution in [2.24, 2.45) is 0 Å². The van der Waals surface area contributed by atoms with E-state index in [-0.39, 0.29) is 5.91 Å². The number of amides is 1. The van der Waals surface area contributed by atoms with Gasteiger partial charge in [-0.05, 0) is 25.3 Å². The minimum atomic E-state index is 0.171. The molecule has 1 heterocycles. The summed E-state index contributed by atoms with van der Waals surface area (Å²) in [6.45, 7) is 2.99. The molecule has 1 aliphatic heterocycles. The minimum absolute atomic E-state index is 0.171. The Morgan fingerprint density at radius 3 is 2.87 bits per heavy atom. The van der Waals surface area contributed by atoms with Crippen LogP contribution in [0, 0.1) is 0 Å². The number of halogens is 1. The molecule has 0 bridgehead atoms. The third-order valence-electron chi connectivity index (χ3n) is 2.70. The molecule has 15 heavy (non-hydrogen) atoms. The summed E-state index contributed by atoms with van der Waals surface area (Å²) in [7, 11) is 0. The first-order valence-electron chi connectivity index (χ1n) is 5.91. The van der Waals surface area contributed by atoms with E-state index in [4.69, 9.17) is 11.6 Å². The molecule has 3 heteroatoms. The lowest BCUT2D eigenvalue weighted by molar-refractivity contribution is -0.125. The first-order chi connectivity index (χ1) is 7.25. The number of rotatable bonds is 6. The van der Waals surface area contributed by atoms with Gasteiger partial charge in [0.1, 0.15) is 5.16 Å². The molecule has 1 amide bonds. The van der Waals surface area contributed by atoms with Gasteiger partial charge in [0.15, 0.2) is 0 Å². The van der Waals surface area contributed by atoms with Gasteiger partial charge in [-0.2, -0.15) is 0 Å². The van der Waals surface area contributed by atoms with E-state index in [0.29, 0.717) is 11.6 Å². The third kappa shape index (κ3) is 4.25. The normalized spacial score (nSPS) is 17.6. The Bertz CT molecular complexity index is 238. The summed E-state index contributed by atoms with van der Waals surface area (Å²) in [5, 5.41) is 0.633. The van der Waals surface area contributed by atoms with Crippen molar-refractivity contribution in [1.82, 2.24) is 4.90 Å². The number of likely N-dealkylation sites (tertiary alicyclic amines) is 1. The van der Waals surface area contributed by atoms with E-state index in [2.05, 4.69) is 6.92 Å². The Balaban J connectivity index is 2.23. The number of hydrogen-bond donors (Lipinski definition) is 0. The topological polar surface area (TPSA) is 20.3 Å². The lowest BCUT2D eigenvalue weighted by atomic mass is 10.1. The number of nitrogens with zero attached hydrogens (tertiary/aromatic N) is 1. The van der Waals surface area contributed by atoms with E-state index < -0.39 is 0 Å². The average molecular weight is 230 g/mol. The molecular weight excluding hydrogens is 210 g/mol. The van der Waals surface area contributed by atoms with E-state index in [0.717, 1.165) is 19.4 Å². The first kappa shape index (κ1) is 12.6. The maximum Gasteiger partial charge on any atom is 0.227 e. The molecule has 0 atom stereocenters. The van der Waals surface area contributed by atoms with Crippen molar-refractivity contribution in [2.75, 3.05) is 6.54 Å². The van der Waals surface area contributed by atoms with Crippen molar-refractivity contribution in [1.29, 1.82) is 0 Å². The fraction of sp³-hybridized carbons (Fsp3) is 0.750. The van der Waals surface area contributed by atoms with Crippen molar-refractivity contribution in [3.05, 3.63) is 11.2 Å². The van der Waals surface area contributed by atoms with Crippen LogP contribution < -0.4 is 0 Å². The monoisotopic (exact) mass is 229 g/mol. The zero-order valence-electron chi connectivity index (χ0n) is 9.47. The highest BCUT2D eigenvalue weighted by Gasteiger charge is 2.21. The van der Waals surface area contributed by atoms with Crippen LogP contribution in [0.5, 0.6) is 0 Å². The second kappa shape index (κ2) is 6.89. The Labute approximate surface area is 97.3 Å². The van der Waals surface area contributed by atoms with Crippen LogP contribution in [0.15, 0.2) is 11.2 Å². The van der Waals surface area contributed by atoms with Crippen molar-refractivity contribution in [2.45, 2.75) is 51.9 Å². The lowest BCUT2D eigenvalue weighted by Crippen LogP contribution is -2.21. The van der Waals surface area contributed by atoms with Crippen LogP contribution in [0.4, 0.5) is 0 Å². The summed E-state index contributed by atoms with van der Waals surface area (Å²) >= 11 is 6.06. The van der Waals surface area contributed by atoms with Gasteiger partial charge in [0.2, 0.25) is 5.91 Å². The molecule has 0 unspecified atom stereocenters. The van der Waals surface area contributed by atoms with Gasteiger partial charge in [-0.25, -0.2) is 0 Å². The third-order valence-corrected chi connectivity index (χ3v) is 3.06. The van der Waals surface area contributed by atoms with Crippen LogP contribution >= 0.6 is 11.6 Å². The molecule has 0 aliphatic carbocycles. The number of carbonyl (C=O) groups excluding carboxylic acids is 1. The van der Waals surface area contributed by atoms with Crippen molar-refractivity contribution < 1.29 is 4.79 Å². The van der Waals surface area contributed by atoms with Gasteiger partial charge >= 0.3 is 0 Å². The van der Waals surface area contributed by atoms with E-state index in [1.54, 1.807) is 4.90 Å². The standard InChI is InChI=1S/C12H20ClNO/c1-2-3-4-5-6-8-11(13)14-10-7-9-12(14)15/h8H,2-7,9-10H2,1H3/b11-8+. The van der Waals surface area contributed by atoms with Crippen molar-refractivity contribution in [3.63, 3.8) is 0 Å². The molecule has 0 aromatic rings. The lowest BCUT2D eigenvalue weighted by Gasteiger charge is -2.13. The van der Waals surface area contributed by atoms with Crippen LogP contribution in [0.1, 0.15) is 51.9 Å². The van der Waals surface area contributed by atoms with Crippen molar-refractivity contribution in [3.8, 4) is 0 Å². The average Bonchev–Trinajstić information content (AvgIpc) is 2.64. The molecule has 86 valence electrons. The summed E-state index contributed by atoms with van der Waals surface area (Å²) < 4.78 is 0. The Morgan fingerprint density at radius 1 is 1.47 bits per heavy atom. The van der Waals surface area contributed by atoms with Crippen LogP contribution in [-0.4, -0.2) is 17.4 Å². The molecular formula is C12H20ClNO. The fourth-order valence-electron chi connectivity index (χ4n) is 1.78. The molecule has 0 aromatic carbocycles. The summed E-state index contributed by atoms with van der Waals surface area (Å²) in [4.78, 5) is 13.0. The van der Waals surface area contributed by atoms with Crippen LogP contribution in [0.2, 0.25) is 0 Å². The molecule has 1 fully saturated rings. The molecule has 2 nitrogen and oxygen atoms in total. The number of unbranched alkanes of at least 4 members (excludes halogenated alkanes) is 4.